The number of amidine groups is 1. The van der Waals surface area contributed by atoms with Crippen LogP contribution in [-0.4, -0.2) is 65.3 Å². The van der Waals surface area contributed by atoms with E-state index in [1.165, 1.54) is 12.8 Å². The Labute approximate surface area is 308 Å². The lowest BCUT2D eigenvalue weighted by atomic mass is 9.88. The molecule has 12 heteroatoms. The van der Waals surface area contributed by atoms with Crippen molar-refractivity contribution in [2.75, 3.05) is 17.8 Å². The van der Waals surface area contributed by atoms with Crippen LogP contribution < -0.4 is 9.46 Å². The number of carbonyl (C=O) groups excluding carboxylic acids is 2. The Morgan fingerprint density at radius 3 is 2.52 bits per heavy atom. The molecule has 3 aromatic rings. The third-order valence-electron chi connectivity index (χ3n) is 10.5. The molecule has 3 heterocycles. The van der Waals surface area contributed by atoms with E-state index < -0.39 is 21.2 Å². The van der Waals surface area contributed by atoms with Gasteiger partial charge in [-0.05, 0) is 90.3 Å². The second kappa shape index (κ2) is 15.0. The Morgan fingerprint density at radius 1 is 1.08 bits per heavy atom. The monoisotopic (exact) mass is 731 g/mol. The fourth-order valence-electron chi connectivity index (χ4n) is 7.62. The van der Waals surface area contributed by atoms with Crippen LogP contribution in [0.15, 0.2) is 56.9 Å². The number of ether oxygens (including phenoxy) is 1. The number of aliphatic imine (C=N–C) groups is 1. The quantitative estimate of drug-likeness (QED) is 0.201. The van der Waals surface area contributed by atoms with Crippen molar-refractivity contribution in [1.82, 2.24) is 15.0 Å². The summed E-state index contributed by atoms with van der Waals surface area (Å²) < 4.78 is 41.9. The van der Waals surface area contributed by atoms with Crippen LogP contribution in [0.1, 0.15) is 109 Å². The van der Waals surface area contributed by atoms with E-state index in [2.05, 4.69) is 16.8 Å². The Bertz CT molecular complexity index is 1940. The maximum absolute atomic E-state index is 14.5. The third kappa shape index (κ3) is 8.06. The number of aromatic nitrogens is 1. The van der Waals surface area contributed by atoms with Crippen molar-refractivity contribution >= 4 is 33.5 Å². The van der Waals surface area contributed by atoms with Gasteiger partial charge in [0, 0.05) is 36.1 Å². The number of piperidine rings is 1. The molecule has 2 aliphatic heterocycles. The maximum atomic E-state index is 14.5. The first-order valence-electron chi connectivity index (χ1n) is 18.8. The molecule has 1 spiro atoms. The number of sulfonamides is 1. The van der Waals surface area contributed by atoms with Crippen molar-refractivity contribution in [2.24, 2.45) is 10.9 Å². The van der Waals surface area contributed by atoms with Gasteiger partial charge in [-0.1, -0.05) is 61.7 Å². The van der Waals surface area contributed by atoms with Crippen molar-refractivity contribution in [3.8, 4) is 16.9 Å². The smallest absolute Gasteiger partial charge is 0.263 e. The molecular weight excluding hydrogens is 679 g/mol. The lowest BCUT2D eigenvalue weighted by molar-refractivity contribution is -0.139. The van der Waals surface area contributed by atoms with Crippen LogP contribution in [0.3, 0.4) is 0 Å². The van der Waals surface area contributed by atoms with Gasteiger partial charge in [0.1, 0.15) is 22.9 Å². The van der Waals surface area contributed by atoms with Gasteiger partial charge in [0.2, 0.25) is 5.91 Å². The van der Waals surface area contributed by atoms with Gasteiger partial charge in [0.15, 0.2) is 11.4 Å². The summed E-state index contributed by atoms with van der Waals surface area (Å²) in [6.07, 6.45) is 9.05. The van der Waals surface area contributed by atoms with Crippen molar-refractivity contribution in [3.63, 3.8) is 0 Å². The fraction of sp³-hybridized carbons (Fsp3) is 0.550. The van der Waals surface area contributed by atoms with Crippen LogP contribution in [-0.2, 0) is 26.2 Å². The molecule has 280 valence electrons. The summed E-state index contributed by atoms with van der Waals surface area (Å²) in [6.45, 7) is 12.7. The molecule has 2 aromatic carbocycles. The van der Waals surface area contributed by atoms with E-state index in [0.29, 0.717) is 66.5 Å². The minimum Gasteiger partial charge on any atom is -0.487 e. The number of amides is 2. The Hall–Kier alpha value is -4.19. The summed E-state index contributed by atoms with van der Waals surface area (Å²) in [4.78, 5) is 36.8. The summed E-state index contributed by atoms with van der Waals surface area (Å²) in [5.41, 5.74) is 0.934. The highest BCUT2D eigenvalue weighted by Crippen LogP contribution is 2.40. The first kappa shape index (κ1) is 37.6. The number of unbranched alkanes of at least 4 members (excludes halogenated alkanes) is 1. The van der Waals surface area contributed by atoms with E-state index in [1.807, 2.05) is 43.9 Å². The zero-order valence-corrected chi connectivity index (χ0v) is 32.3. The fourth-order valence-corrected chi connectivity index (χ4v) is 8.90. The molecule has 3 aliphatic rings. The van der Waals surface area contributed by atoms with Crippen molar-refractivity contribution in [2.45, 2.75) is 128 Å². The molecule has 0 bridgehead atoms. The molecule has 1 aliphatic carbocycles. The van der Waals surface area contributed by atoms with E-state index in [9.17, 15) is 18.0 Å². The number of likely N-dealkylation sites (tertiary alicyclic amines) is 1. The number of nitrogens with one attached hydrogen (secondary N) is 1. The van der Waals surface area contributed by atoms with Gasteiger partial charge in [-0.15, -0.1) is 0 Å². The van der Waals surface area contributed by atoms with Crippen LogP contribution in [0.5, 0.6) is 5.75 Å². The molecule has 2 amide bonds. The highest BCUT2D eigenvalue weighted by Gasteiger charge is 2.51. The Morgan fingerprint density at radius 2 is 1.83 bits per heavy atom. The van der Waals surface area contributed by atoms with Gasteiger partial charge in [-0.3, -0.25) is 24.2 Å². The summed E-state index contributed by atoms with van der Waals surface area (Å²) in [5, 5.41) is 3.90. The minimum absolute atomic E-state index is 0.0553. The Balaban J connectivity index is 1.30. The maximum Gasteiger partial charge on any atom is 0.263 e. The van der Waals surface area contributed by atoms with Gasteiger partial charge in [-0.2, -0.15) is 0 Å². The van der Waals surface area contributed by atoms with Crippen molar-refractivity contribution < 1.29 is 27.3 Å². The van der Waals surface area contributed by atoms with Crippen LogP contribution in [0.4, 0.5) is 5.82 Å². The molecule has 0 radical (unpaired) electrons. The second-order valence-corrected chi connectivity index (χ2v) is 17.3. The lowest BCUT2D eigenvalue weighted by Gasteiger charge is -2.37. The van der Waals surface area contributed by atoms with Gasteiger partial charge < -0.3 is 14.2 Å². The summed E-state index contributed by atoms with van der Waals surface area (Å²) in [7, 11) is -4.07. The van der Waals surface area contributed by atoms with Crippen molar-refractivity contribution in [3.05, 3.63) is 59.4 Å². The van der Waals surface area contributed by atoms with Crippen LogP contribution in [0.2, 0.25) is 0 Å². The second-order valence-electron chi connectivity index (χ2n) is 15.7. The molecular formula is C40H53N5O6S. The molecule has 2 fully saturated rings. The average molecular weight is 732 g/mol. The largest absolute Gasteiger partial charge is 0.487 e. The van der Waals surface area contributed by atoms with E-state index >= 15 is 0 Å². The predicted molar refractivity (Wildman–Crippen MR) is 202 cm³/mol. The number of hydrogen-bond acceptors (Lipinski definition) is 8. The third-order valence-corrected chi connectivity index (χ3v) is 11.9. The SMILES string of the molecule is CCCCC1=NC2(CCCN(C(=O)CC3CCCC3)C2)C(=O)N1Cc1ccc(-c2ccccc2S(=O)(=O)Nc2noc(C)c2C)c(OC(C)(C)C)c1. The van der Waals surface area contributed by atoms with Gasteiger partial charge in [-0.25, -0.2) is 8.42 Å². The van der Waals surface area contributed by atoms with Crippen LogP contribution >= 0.6 is 0 Å². The standard InChI is InChI=1S/C40H53N5O6S/c1-7-8-18-35-41-40(21-13-22-44(26-40)36(46)24-29-14-9-10-15-29)38(47)45(35)25-30-19-20-31(33(23-30)50-39(4,5)6)32-16-11-12-17-34(32)52(48,49)43-37-27(2)28(3)51-42-37/h11-12,16-17,19-20,23,29H,7-10,13-15,18,21-22,24-26H2,1-6H3,(H,42,43). The first-order valence-corrected chi connectivity index (χ1v) is 20.2. The van der Waals surface area contributed by atoms with E-state index in [1.54, 1.807) is 43.0 Å². The predicted octanol–water partition coefficient (Wildman–Crippen LogP) is 7.81. The first-order chi connectivity index (χ1) is 24.7. The zero-order chi connectivity index (χ0) is 37.3. The molecule has 1 aromatic heterocycles. The zero-order valence-electron chi connectivity index (χ0n) is 31.5. The Kier molecular flexibility index (Phi) is 10.9. The highest BCUT2D eigenvalue weighted by molar-refractivity contribution is 7.92. The average Bonchev–Trinajstić information content (AvgIpc) is 3.79. The molecule has 1 N–H and O–H groups in total. The molecule has 6 rings (SSSR count). The number of benzene rings is 2. The molecule has 1 saturated carbocycles. The summed E-state index contributed by atoms with van der Waals surface area (Å²) in [6, 6.07) is 12.5. The topological polar surface area (TPSA) is 134 Å². The normalized spacial score (nSPS) is 19.8. The lowest BCUT2D eigenvalue weighted by Crippen LogP contribution is -2.54. The van der Waals surface area contributed by atoms with E-state index in [4.69, 9.17) is 14.3 Å². The minimum atomic E-state index is -4.07. The molecule has 1 atom stereocenters. The van der Waals surface area contributed by atoms with Crippen LogP contribution in [0, 0.1) is 19.8 Å². The molecule has 1 unspecified atom stereocenters. The molecule has 52 heavy (non-hydrogen) atoms. The summed E-state index contributed by atoms with van der Waals surface area (Å²) >= 11 is 0. The van der Waals surface area contributed by atoms with Crippen molar-refractivity contribution in [1.29, 1.82) is 0 Å². The number of aryl methyl sites for hydroxylation is 1. The number of carbonyl (C=O) groups is 2. The number of rotatable bonds is 12. The van der Waals surface area contributed by atoms with Gasteiger partial charge in [0.25, 0.3) is 15.9 Å². The number of anilines is 1. The summed E-state index contributed by atoms with van der Waals surface area (Å²) in [5.74, 6) is 2.47. The molecule has 11 nitrogen and oxygen atoms in total. The highest BCUT2D eigenvalue weighted by atomic mass is 32.2. The number of nitrogens with zero attached hydrogens (tertiary/aromatic N) is 4. The van der Waals surface area contributed by atoms with E-state index in [-0.39, 0.29) is 29.1 Å². The van der Waals surface area contributed by atoms with E-state index in [0.717, 1.165) is 43.5 Å². The number of hydrogen-bond donors (Lipinski definition) is 1. The van der Waals surface area contributed by atoms with Gasteiger partial charge in [0.05, 0.1) is 18.0 Å². The van der Waals surface area contributed by atoms with Crippen LogP contribution in [0.25, 0.3) is 11.1 Å². The van der Waals surface area contributed by atoms with Gasteiger partial charge >= 0.3 is 0 Å². The molecule has 1 saturated heterocycles.